The number of amides is 1. The zero-order chi connectivity index (χ0) is 18.7. The molecule has 2 aromatic carbocycles. The Morgan fingerprint density at radius 2 is 1.73 bits per heavy atom. The molecule has 6 nitrogen and oxygen atoms in total. The minimum absolute atomic E-state index is 0.207. The van der Waals surface area contributed by atoms with Crippen LogP contribution in [0.5, 0.6) is 11.5 Å². The summed E-state index contributed by atoms with van der Waals surface area (Å²) in [7, 11) is 3.18. The first-order chi connectivity index (χ1) is 12.5. The second-order valence-corrected chi connectivity index (χ2v) is 6.79. The lowest BCUT2D eigenvalue weighted by atomic mass is 10.1. The van der Waals surface area contributed by atoms with E-state index in [0.717, 1.165) is 16.7 Å². The third-order valence-corrected chi connectivity index (χ3v) is 4.64. The number of aryl methyl sites for hydroxylation is 2. The highest BCUT2D eigenvalue weighted by molar-refractivity contribution is 7.18. The van der Waals surface area contributed by atoms with E-state index in [4.69, 9.17) is 9.47 Å². The smallest absolute Gasteiger partial charge is 0.257 e. The maximum Gasteiger partial charge on any atom is 0.257 e. The van der Waals surface area contributed by atoms with Crippen molar-refractivity contribution >= 4 is 22.4 Å². The molecule has 26 heavy (non-hydrogen) atoms. The molecule has 0 aliphatic rings. The summed E-state index contributed by atoms with van der Waals surface area (Å²) >= 11 is 1.29. The third kappa shape index (κ3) is 3.83. The maximum absolute atomic E-state index is 12.5. The van der Waals surface area contributed by atoms with E-state index >= 15 is 0 Å². The molecule has 1 aromatic heterocycles. The van der Waals surface area contributed by atoms with Gasteiger partial charge in [-0.25, -0.2) is 0 Å². The summed E-state index contributed by atoms with van der Waals surface area (Å²) in [5.74, 6) is 1.12. The maximum atomic E-state index is 12.5. The number of benzene rings is 2. The van der Waals surface area contributed by atoms with Crippen LogP contribution in [0.3, 0.4) is 0 Å². The van der Waals surface area contributed by atoms with Crippen LogP contribution in [-0.2, 0) is 0 Å². The van der Waals surface area contributed by atoms with Crippen molar-refractivity contribution in [1.82, 2.24) is 10.2 Å². The average Bonchev–Trinajstić information content (AvgIpc) is 3.08. The lowest BCUT2D eigenvalue weighted by Crippen LogP contribution is -2.12. The first-order valence-corrected chi connectivity index (χ1v) is 8.77. The number of aromatic nitrogens is 2. The summed E-state index contributed by atoms with van der Waals surface area (Å²) < 4.78 is 10.6. The summed E-state index contributed by atoms with van der Waals surface area (Å²) in [4.78, 5) is 12.5. The second-order valence-electron chi connectivity index (χ2n) is 5.81. The van der Waals surface area contributed by atoms with E-state index in [0.29, 0.717) is 27.2 Å². The number of carbonyl (C=O) groups is 1. The fraction of sp³-hybridized carbons (Fsp3) is 0.211. The van der Waals surface area contributed by atoms with Gasteiger partial charge in [0.15, 0.2) is 5.01 Å². The van der Waals surface area contributed by atoms with Gasteiger partial charge in [0.1, 0.15) is 11.5 Å². The largest absolute Gasteiger partial charge is 0.497 e. The number of methoxy groups -OCH3 is 2. The fourth-order valence-electron chi connectivity index (χ4n) is 2.63. The number of carbonyl (C=O) groups excluding carboxylic acids is 1. The van der Waals surface area contributed by atoms with Gasteiger partial charge in [-0.3, -0.25) is 10.1 Å². The molecule has 0 fully saturated rings. The summed E-state index contributed by atoms with van der Waals surface area (Å²) in [5, 5.41) is 12.1. The van der Waals surface area contributed by atoms with Crippen molar-refractivity contribution in [3.05, 3.63) is 53.1 Å². The van der Waals surface area contributed by atoms with E-state index < -0.39 is 0 Å². The molecule has 1 amide bonds. The van der Waals surface area contributed by atoms with Gasteiger partial charge in [0, 0.05) is 11.6 Å². The predicted octanol–water partition coefficient (Wildman–Crippen LogP) is 4.09. The topological polar surface area (TPSA) is 73.3 Å². The molecule has 1 N–H and O–H groups in total. The molecule has 3 rings (SSSR count). The van der Waals surface area contributed by atoms with Crippen LogP contribution in [0, 0.1) is 13.8 Å². The van der Waals surface area contributed by atoms with Crippen LogP contribution >= 0.6 is 11.3 Å². The highest BCUT2D eigenvalue weighted by atomic mass is 32.1. The monoisotopic (exact) mass is 369 g/mol. The lowest BCUT2D eigenvalue weighted by Gasteiger charge is -2.07. The summed E-state index contributed by atoms with van der Waals surface area (Å²) in [6.45, 7) is 3.92. The van der Waals surface area contributed by atoms with Crippen molar-refractivity contribution < 1.29 is 14.3 Å². The molecule has 0 aliphatic carbocycles. The summed E-state index contributed by atoms with van der Waals surface area (Å²) in [5.41, 5.74) is 3.46. The molecule has 7 heteroatoms. The van der Waals surface area contributed by atoms with Crippen LogP contribution < -0.4 is 14.8 Å². The molecule has 134 valence electrons. The minimum atomic E-state index is -0.207. The number of nitrogens with one attached hydrogen (secondary N) is 1. The zero-order valence-electron chi connectivity index (χ0n) is 15.0. The van der Waals surface area contributed by atoms with Crippen LogP contribution in [0.15, 0.2) is 36.4 Å². The molecule has 1 heterocycles. The molecule has 3 aromatic rings. The second kappa shape index (κ2) is 7.53. The Labute approximate surface area is 155 Å². The van der Waals surface area contributed by atoms with E-state index in [1.54, 1.807) is 20.3 Å². The van der Waals surface area contributed by atoms with Gasteiger partial charge in [-0.15, -0.1) is 10.2 Å². The SMILES string of the molecule is COc1ccc(-c2nnc(NC(=O)c3cc(C)cc(C)c3)s2)c(OC)c1. The standard InChI is InChI=1S/C19H19N3O3S/c1-11-7-12(2)9-13(8-11)17(23)20-19-22-21-18(26-19)15-6-5-14(24-3)10-16(15)25-4/h5-10H,1-4H3,(H,20,22,23). The van der Waals surface area contributed by atoms with Crippen molar-refractivity contribution in [3.63, 3.8) is 0 Å². The normalized spacial score (nSPS) is 10.5. The Morgan fingerprint density at radius 1 is 1.00 bits per heavy atom. The van der Waals surface area contributed by atoms with E-state index in [-0.39, 0.29) is 5.91 Å². The molecule has 0 saturated carbocycles. The van der Waals surface area contributed by atoms with Crippen LogP contribution in [-0.4, -0.2) is 30.3 Å². The van der Waals surface area contributed by atoms with E-state index in [2.05, 4.69) is 15.5 Å². The highest BCUT2D eigenvalue weighted by Gasteiger charge is 2.15. The third-order valence-electron chi connectivity index (χ3n) is 3.77. The Kier molecular flexibility index (Phi) is 5.18. The van der Waals surface area contributed by atoms with Crippen LogP contribution in [0.4, 0.5) is 5.13 Å². The molecular weight excluding hydrogens is 350 g/mol. The molecule has 0 unspecified atom stereocenters. The van der Waals surface area contributed by atoms with Gasteiger partial charge in [0.05, 0.1) is 19.8 Å². The van der Waals surface area contributed by atoms with Gasteiger partial charge in [0.25, 0.3) is 5.91 Å². The van der Waals surface area contributed by atoms with Crippen molar-refractivity contribution in [1.29, 1.82) is 0 Å². The molecule has 0 spiro atoms. The van der Waals surface area contributed by atoms with Crippen molar-refractivity contribution in [2.45, 2.75) is 13.8 Å². The Morgan fingerprint density at radius 3 is 2.38 bits per heavy atom. The highest BCUT2D eigenvalue weighted by Crippen LogP contribution is 2.36. The number of ether oxygens (including phenoxy) is 2. The molecule has 0 aliphatic heterocycles. The molecule has 0 radical (unpaired) electrons. The van der Waals surface area contributed by atoms with Gasteiger partial charge in [-0.05, 0) is 38.1 Å². The number of rotatable bonds is 5. The van der Waals surface area contributed by atoms with Gasteiger partial charge in [-0.1, -0.05) is 28.5 Å². The van der Waals surface area contributed by atoms with Crippen LogP contribution in [0.2, 0.25) is 0 Å². The van der Waals surface area contributed by atoms with Gasteiger partial charge in [-0.2, -0.15) is 0 Å². The zero-order valence-corrected chi connectivity index (χ0v) is 15.8. The van der Waals surface area contributed by atoms with Gasteiger partial charge in [0.2, 0.25) is 5.13 Å². The number of hydrogen-bond donors (Lipinski definition) is 1. The molecule has 0 atom stereocenters. The first kappa shape index (κ1) is 17.9. The van der Waals surface area contributed by atoms with E-state index in [1.807, 2.05) is 44.2 Å². The quantitative estimate of drug-likeness (QED) is 0.733. The Hall–Kier alpha value is -2.93. The van der Waals surface area contributed by atoms with Crippen molar-refractivity contribution in [2.75, 3.05) is 19.5 Å². The van der Waals surface area contributed by atoms with Crippen molar-refractivity contribution in [2.24, 2.45) is 0 Å². The number of nitrogens with zero attached hydrogens (tertiary/aromatic N) is 2. The van der Waals surface area contributed by atoms with Crippen LogP contribution in [0.25, 0.3) is 10.6 Å². The Bertz CT molecular complexity index is 933. The minimum Gasteiger partial charge on any atom is -0.497 e. The van der Waals surface area contributed by atoms with Crippen LogP contribution in [0.1, 0.15) is 21.5 Å². The number of anilines is 1. The number of hydrogen-bond acceptors (Lipinski definition) is 6. The fourth-order valence-corrected chi connectivity index (χ4v) is 3.40. The molecule has 0 bridgehead atoms. The van der Waals surface area contributed by atoms with E-state index in [1.165, 1.54) is 11.3 Å². The first-order valence-electron chi connectivity index (χ1n) is 7.95. The van der Waals surface area contributed by atoms with Gasteiger partial charge < -0.3 is 9.47 Å². The van der Waals surface area contributed by atoms with Crippen molar-refractivity contribution in [3.8, 4) is 22.1 Å². The molecular formula is C19H19N3O3S. The average molecular weight is 369 g/mol. The van der Waals surface area contributed by atoms with E-state index in [9.17, 15) is 4.79 Å². The molecule has 0 saturated heterocycles. The summed E-state index contributed by atoms with van der Waals surface area (Å²) in [6, 6.07) is 11.2. The predicted molar refractivity (Wildman–Crippen MR) is 102 cm³/mol. The van der Waals surface area contributed by atoms with Gasteiger partial charge >= 0.3 is 0 Å². The lowest BCUT2D eigenvalue weighted by molar-refractivity contribution is 0.102. The Balaban J connectivity index is 1.83. The summed E-state index contributed by atoms with van der Waals surface area (Å²) in [6.07, 6.45) is 0.